The number of esters is 1. The molecule has 0 saturated carbocycles. The molecule has 0 spiro atoms. The van der Waals surface area contributed by atoms with E-state index in [1.54, 1.807) is 26.0 Å². The highest BCUT2D eigenvalue weighted by atomic mass is 19.4. The quantitative estimate of drug-likeness (QED) is 0.539. The Morgan fingerprint density at radius 1 is 0.969 bits per heavy atom. The number of ether oxygens (including phenoxy) is 1. The molecule has 168 valence electrons. The van der Waals surface area contributed by atoms with E-state index in [1.807, 2.05) is 0 Å². The predicted octanol–water partition coefficient (Wildman–Crippen LogP) is 3.51. The Morgan fingerprint density at radius 3 is 2.03 bits per heavy atom. The number of amides is 3. The fraction of sp³-hybridized carbons (Fsp3) is 0.273. The zero-order chi connectivity index (χ0) is 23.6. The second kappa shape index (κ2) is 8.81. The molecule has 0 aromatic heterocycles. The average Bonchev–Trinajstić information content (AvgIpc) is 2.97. The number of hydrogen-bond acceptors (Lipinski definition) is 5. The van der Waals surface area contributed by atoms with Crippen LogP contribution in [0.2, 0.25) is 0 Å². The Kier molecular flexibility index (Phi) is 6.33. The maximum absolute atomic E-state index is 13.1. The van der Waals surface area contributed by atoms with Crippen molar-refractivity contribution in [3.05, 3.63) is 65.2 Å². The lowest BCUT2D eigenvalue weighted by molar-refractivity contribution is -0.152. The van der Waals surface area contributed by atoms with Gasteiger partial charge in [0.1, 0.15) is 6.04 Å². The summed E-state index contributed by atoms with van der Waals surface area (Å²) in [4.78, 5) is 50.9. The number of benzene rings is 2. The Labute approximate surface area is 181 Å². The van der Waals surface area contributed by atoms with Gasteiger partial charge in [-0.15, -0.1) is 0 Å². The van der Waals surface area contributed by atoms with Crippen molar-refractivity contribution in [2.24, 2.45) is 5.92 Å². The van der Waals surface area contributed by atoms with Gasteiger partial charge in [0.05, 0.1) is 22.4 Å². The van der Waals surface area contributed by atoms with E-state index in [1.165, 1.54) is 24.3 Å². The van der Waals surface area contributed by atoms with E-state index in [0.717, 1.165) is 17.0 Å². The van der Waals surface area contributed by atoms with Gasteiger partial charge in [-0.05, 0) is 30.2 Å². The first-order chi connectivity index (χ1) is 15.0. The fourth-order valence-corrected chi connectivity index (χ4v) is 3.38. The van der Waals surface area contributed by atoms with E-state index in [0.29, 0.717) is 0 Å². The molecule has 7 nitrogen and oxygen atoms in total. The minimum absolute atomic E-state index is 0.150. The monoisotopic (exact) mass is 448 g/mol. The van der Waals surface area contributed by atoms with E-state index < -0.39 is 59.7 Å². The molecular weight excluding hydrogens is 429 g/mol. The number of nitrogens with one attached hydrogen (secondary N) is 1. The second-order valence-electron chi connectivity index (χ2n) is 7.41. The third-order valence-electron chi connectivity index (χ3n) is 4.83. The molecule has 1 aliphatic heterocycles. The van der Waals surface area contributed by atoms with Gasteiger partial charge in [0.15, 0.2) is 6.61 Å². The number of carbonyl (C=O) groups is 4. The molecular formula is C22H19F3N2O5. The highest BCUT2D eigenvalue weighted by Crippen LogP contribution is 2.34. The van der Waals surface area contributed by atoms with E-state index >= 15 is 0 Å². The highest BCUT2D eigenvalue weighted by Gasteiger charge is 2.44. The van der Waals surface area contributed by atoms with Crippen molar-refractivity contribution in [1.82, 2.24) is 4.90 Å². The number of imide groups is 1. The summed E-state index contributed by atoms with van der Waals surface area (Å²) in [7, 11) is 0. The first-order valence-corrected chi connectivity index (χ1v) is 9.62. The first kappa shape index (κ1) is 23.0. The van der Waals surface area contributed by atoms with E-state index in [4.69, 9.17) is 4.74 Å². The van der Waals surface area contributed by atoms with Crippen molar-refractivity contribution >= 4 is 29.4 Å². The van der Waals surface area contributed by atoms with Crippen LogP contribution in [-0.4, -0.2) is 41.2 Å². The van der Waals surface area contributed by atoms with Crippen molar-refractivity contribution in [1.29, 1.82) is 0 Å². The summed E-state index contributed by atoms with van der Waals surface area (Å²) < 4.78 is 44.1. The van der Waals surface area contributed by atoms with E-state index in [-0.39, 0.29) is 11.1 Å². The van der Waals surface area contributed by atoms with Crippen molar-refractivity contribution in [2.75, 3.05) is 11.9 Å². The van der Waals surface area contributed by atoms with Crippen LogP contribution in [0, 0.1) is 5.92 Å². The average molecular weight is 448 g/mol. The number of alkyl halides is 3. The number of carbonyl (C=O) groups excluding carboxylic acids is 4. The molecule has 2 aromatic carbocycles. The van der Waals surface area contributed by atoms with Crippen LogP contribution in [-0.2, 0) is 20.5 Å². The van der Waals surface area contributed by atoms with Crippen LogP contribution in [0.1, 0.15) is 40.1 Å². The highest BCUT2D eigenvalue weighted by molar-refractivity contribution is 6.22. The zero-order valence-corrected chi connectivity index (χ0v) is 17.1. The van der Waals surface area contributed by atoms with Gasteiger partial charge in [-0.2, -0.15) is 13.2 Å². The van der Waals surface area contributed by atoms with Crippen molar-refractivity contribution < 1.29 is 37.1 Å². The summed E-state index contributed by atoms with van der Waals surface area (Å²) in [6, 6.07) is 9.14. The standard InChI is InChI=1S/C22H19F3N2O5/c1-12(2)18(27-19(29)13-7-3-4-8-14(13)20(27)30)21(31)32-11-17(28)26-16-10-6-5-9-15(16)22(23,24)25/h3-10,12,18H,11H2,1-2H3,(H,26,28)/t18-/m0/s1. The van der Waals surface area contributed by atoms with Crippen LogP contribution in [0.15, 0.2) is 48.5 Å². The maximum atomic E-state index is 13.1. The van der Waals surface area contributed by atoms with Gasteiger partial charge in [0.2, 0.25) is 0 Å². The molecule has 1 N–H and O–H groups in total. The number of halogens is 3. The smallest absolute Gasteiger partial charge is 0.418 e. The minimum atomic E-state index is -4.69. The number of anilines is 1. The third-order valence-corrected chi connectivity index (χ3v) is 4.83. The molecule has 10 heteroatoms. The summed E-state index contributed by atoms with van der Waals surface area (Å²) in [6.07, 6.45) is -4.69. The number of fused-ring (bicyclic) bond motifs is 1. The van der Waals surface area contributed by atoms with Crippen LogP contribution in [0.5, 0.6) is 0 Å². The molecule has 1 atom stereocenters. The van der Waals surface area contributed by atoms with Crippen molar-refractivity contribution in [2.45, 2.75) is 26.1 Å². The SMILES string of the molecule is CC(C)[C@@H](C(=O)OCC(=O)Nc1ccccc1C(F)(F)F)N1C(=O)c2ccccc2C1=O. The van der Waals surface area contributed by atoms with E-state index in [2.05, 4.69) is 5.32 Å². The number of rotatable bonds is 6. The Hall–Kier alpha value is -3.69. The molecule has 32 heavy (non-hydrogen) atoms. The summed E-state index contributed by atoms with van der Waals surface area (Å²) in [6.45, 7) is 2.29. The van der Waals surface area contributed by atoms with Gasteiger partial charge in [-0.1, -0.05) is 38.1 Å². The molecule has 1 aliphatic rings. The van der Waals surface area contributed by atoms with Crippen LogP contribution < -0.4 is 5.32 Å². The first-order valence-electron chi connectivity index (χ1n) is 9.62. The fourth-order valence-electron chi connectivity index (χ4n) is 3.38. The normalized spacial score (nSPS) is 14.4. The minimum Gasteiger partial charge on any atom is -0.454 e. The van der Waals surface area contributed by atoms with E-state index in [9.17, 15) is 32.3 Å². The Balaban J connectivity index is 1.70. The molecule has 0 fully saturated rings. The van der Waals surface area contributed by atoms with Gasteiger partial charge in [0, 0.05) is 0 Å². The number of hydrogen-bond donors (Lipinski definition) is 1. The molecule has 2 aromatic rings. The van der Waals surface area contributed by atoms with Gasteiger partial charge in [-0.25, -0.2) is 4.79 Å². The van der Waals surface area contributed by atoms with Crippen molar-refractivity contribution in [3.63, 3.8) is 0 Å². The maximum Gasteiger partial charge on any atom is 0.418 e. The molecule has 3 rings (SSSR count). The summed E-state index contributed by atoms with van der Waals surface area (Å²) in [5.74, 6) is -3.89. The van der Waals surface area contributed by atoms with Crippen LogP contribution in [0.3, 0.4) is 0 Å². The predicted molar refractivity (Wildman–Crippen MR) is 107 cm³/mol. The molecule has 3 amide bonds. The van der Waals surface area contributed by atoms with Gasteiger partial charge >= 0.3 is 12.1 Å². The topological polar surface area (TPSA) is 92.8 Å². The Bertz CT molecular complexity index is 1050. The number of para-hydroxylation sites is 1. The van der Waals surface area contributed by atoms with Crippen LogP contribution >= 0.6 is 0 Å². The molecule has 0 aliphatic carbocycles. The molecule has 0 bridgehead atoms. The van der Waals surface area contributed by atoms with Crippen molar-refractivity contribution in [3.8, 4) is 0 Å². The van der Waals surface area contributed by atoms with Crippen LogP contribution in [0.25, 0.3) is 0 Å². The largest absolute Gasteiger partial charge is 0.454 e. The van der Waals surface area contributed by atoms with Gasteiger partial charge in [-0.3, -0.25) is 19.3 Å². The molecule has 0 radical (unpaired) electrons. The molecule has 1 heterocycles. The lowest BCUT2D eigenvalue weighted by atomic mass is 10.0. The Morgan fingerprint density at radius 2 is 1.50 bits per heavy atom. The number of nitrogens with zero attached hydrogens (tertiary/aromatic N) is 1. The van der Waals surface area contributed by atoms with Crippen LogP contribution in [0.4, 0.5) is 18.9 Å². The van der Waals surface area contributed by atoms with Gasteiger partial charge < -0.3 is 10.1 Å². The van der Waals surface area contributed by atoms with Gasteiger partial charge in [0.25, 0.3) is 17.7 Å². The summed E-state index contributed by atoms with van der Waals surface area (Å²) in [5.41, 5.74) is -1.23. The third kappa shape index (κ3) is 4.48. The second-order valence-corrected chi connectivity index (χ2v) is 7.41. The lowest BCUT2D eigenvalue weighted by Crippen LogP contribution is -2.49. The molecule has 0 saturated heterocycles. The molecule has 0 unspecified atom stereocenters. The summed E-state index contributed by atoms with van der Waals surface area (Å²) >= 11 is 0. The summed E-state index contributed by atoms with van der Waals surface area (Å²) in [5, 5.41) is 2.06. The lowest BCUT2D eigenvalue weighted by Gasteiger charge is -2.27. The zero-order valence-electron chi connectivity index (χ0n) is 17.1.